The zero-order chi connectivity index (χ0) is 24.5. The van der Waals surface area contributed by atoms with E-state index in [9.17, 15) is 0 Å². The summed E-state index contributed by atoms with van der Waals surface area (Å²) >= 11 is 0. The topological polar surface area (TPSA) is 41.9 Å². The van der Waals surface area contributed by atoms with Crippen molar-refractivity contribution in [3.63, 3.8) is 0 Å². The van der Waals surface area contributed by atoms with Gasteiger partial charge in [0.1, 0.15) is 0 Å². The molecule has 0 N–H and O–H groups in total. The smallest absolute Gasteiger partial charge is 0.402 e. The van der Waals surface area contributed by atoms with Gasteiger partial charge in [-0.15, -0.1) is 0 Å². The molecule has 7 heteroatoms. The van der Waals surface area contributed by atoms with E-state index in [4.69, 9.17) is 18.6 Å². The summed E-state index contributed by atoms with van der Waals surface area (Å²) in [5, 5.41) is 2.30. The Morgan fingerprint density at radius 1 is 0.657 bits per heavy atom. The molecule has 5 nitrogen and oxygen atoms in total. The quantitative estimate of drug-likeness (QED) is 0.413. The first-order valence-corrected chi connectivity index (χ1v) is 12.4. The lowest BCUT2D eigenvalue weighted by Crippen LogP contribution is -2.41. The van der Waals surface area contributed by atoms with Crippen molar-refractivity contribution >= 4 is 47.0 Å². The predicted molar refractivity (Wildman–Crippen MR) is 143 cm³/mol. The van der Waals surface area contributed by atoms with E-state index in [2.05, 4.69) is 107 Å². The van der Waals surface area contributed by atoms with Crippen LogP contribution >= 0.6 is 0 Å². The fraction of sp³-hybridized carbons (Fsp3) is 0.357. The summed E-state index contributed by atoms with van der Waals surface area (Å²) in [5.74, 6) is 0. The molecule has 0 radical (unpaired) electrons. The molecule has 0 amide bonds. The van der Waals surface area contributed by atoms with Gasteiger partial charge >= 0.3 is 14.2 Å². The van der Waals surface area contributed by atoms with Crippen molar-refractivity contribution in [1.29, 1.82) is 0 Å². The molecule has 2 aliphatic rings. The third-order valence-electron chi connectivity index (χ3n) is 7.96. The lowest BCUT2D eigenvalue weighted by atomic mass is 9.77. The summed E-state index contributed by atoms with van der Waals surface area (Å²) in [6.07, 6.45) is 0.132. The highest BCUT2D eigenvalue weighted by molar-refractivity contribution is 6.63. The van der Waals surface area contributed by atoms with Gasteiger partial charge in [-0.1, -0.05) is 42.5 Å². The molecule has 2 fully saturated rings. The van der Waals surface area contributed by atoms with Crippen LogP contribution in [0.2, 0.25) is 0 Å². The molecule has 1 aromatic heterocycles. The Morgan fingerprint density at radius 2 is 1.14 bits per heavy atom. The highest BCUT2D eigenvalue weighted by Crippen LogP contribution is 2.37. The minimum atomic E-state index is -0.411. The molecule has 2 atom stereocenters. The Balaban J connectivity index is 1.53. The minimum absolute atomic E-state index is 0.0660. The van der Waals surface area contributed by atoms with Gasteiger partial charge in [-0.3, -0.25) is 0 Å². The molecule has 3 aromatic carbocycles. The summed E-state index contributed by atoms with van der Waals surface area (Å²) < 4.78 is 27.2. The first-order valence-electron chi connectivity index (χ1n) is 12.4. The van der Waals surface area contributed by atoms with Crippen molar-refractivity contribution in [3.05, 3.63) is 66.7 Å². The van der Waals surface area contributed by atoms with Crippen LogP contribution in [0.5, 0.6) is 0 Å². The van der Waals surface area contributed by atoms with E-state index in [1.165, 1.54) is 0 Å². The van der Waals surface area contributed by atoms with Crippen LogP contribution in [-0.4, -0.2) is 42.2 Å². The van der Waals surface area contributed by atoms with Gasteiger partial charge in [-0.2, -0.15) is 0 Å². The first-order chi connectivity index (χ1) is 16.6. The number of benzene rings is 3. The number of hydrogen-bond donors (Lipinski definition) is 0. The normalized spacial score (nSPS) is 23.6. The van der Waals surface area contributed by atoms with Crippen molar-refractivity contribution < 1.29 is 18.6 Å². The summed E-state index contributed by atoms with van der Waals surface area (Å²) in [6, 6.07) is 23.5. The predicted octanol–water partition coefficient (Wildman–Crippen LogP) is 4.60. The Bertz CT molecular complexity index is 1390. The maximum Gasteiger partial charge on any atom is 0.494 e. The van der Waals surface area contributed by atoms with Crippen LogP contribution in [0, 0.1) is 0 Å². The SMILES string of the molecule is CC1OB(c2ccc3c(c2)c2cc(B4OC(C)(C)C(C)(C)O4)ccc2n3-c2ccccc2)OC1C. The van der Waals surface area contributed by atoms with Crippen molar-refractivity contribution in [2.45, 2.75) is 65.0 Å². The number of para-hydroxylation sites is 1. The number of fused-ring (bicyclic) bond motifs is 3. The molecule has 0 saturated carbocycles. The van der Waals surface area contributed by atoms with Gasteiger partial charge in [0.2, 0.25) is 0 Å². The van der Waals surface area contributed by atoms with Crippen LogP contribution in [0.15, 0.2) is 66.7 Å². The second kappa shape index (κ2) is 7.97. The molecular weight excluding hydrogens is 436 g/mol. The lowest BCUT2D eigenvalue weighted by Gasteiger charge is -2.32. The third kappa shape index (κ3) is 3.64. The maximum absolute atomic E-state index is 6.36. The standard InChI is InChI=1S/C28H31B2NO4/c1-18-19(2)33-29(32-18)20-12-14-25-23(16-20)24-17-21(30-34-27(3,4)28(5,6)35-30)13-15-26(24)31(25)22-10-8-7-9-11-22/h7-19H,1-6H3. The van der Waals surface area contributed by atoms with Gasteiger partial charge in [-0.25, -0.2) is 0 Å². The Hall–Kier alpha value is -2.57. The third-order valence-corrected chi connectivity index (χ3v) is 7.96. The summed E-state index contributed by atoms with van der Waals surface area (Å²) in [5.41, 5.74) is 4.68. The number of hydrogen-bond acceptors (Lipinski definition) is 4. The van der Waals surface area contributed by atoms with Crippen LogP contribution < -0.4 is 10.9 Å². The van der Waals surface area contributed by atoms with Gasteiger partial charge in [0.25, 0.3) is 0 Å². The highest BCUT2D eigenvalue weighted by Gasteiger charge is 2.51. The van der Waals surface area contributed by atoms with Crippen LogP contribution in [0.1, 0.15) is 41.5 Å². The molecule has 178 valence electrons. The van der Waals surface area contributed by atoms with E-state index in [-0.39, 0.29) is 30.5 Å². The van der Waals surface area contributed by atoms with E-state index in [1.54, 1.807) is 0 Å². The molecule has 35 heavy (non-hydrogen) atoms. The number of nitrogens with zero attached hydrogens (tertiary/aromatic N) is 1. The highest BCUT2D eigenvalue weighted by atomic mass is 16.7. The molecule has 6 rings (SSSR count). The molecular formula is C28H31B2NO4. The molecule has 0 aliphatic carbocycles. The molecule has 2 unspecified atom stereocenters. The van der Waals surface area contributed by atoms with E-state index in [0.717, 1.165) is 38.4 Å². The van der Waals surface area contributed by atoms with E-state index in [0.29, 0.717) is 0 Å². The van der Waals surface area contributed by atoms with Gasteiger partial charge < -0.3 is 23.2 Å². The summed E-state index contributed by atoms with van der Waals surface area (Å²) in [4.78, 5) is 0. The van der Waals surface area contributed by atoms with Crippen molar-refractivity contribution in [2.75, 3.05) is 0 Å². The second-order valence-corrected chi connectivity index (χ2v) is 10.8. The van der Waals surface area contributed by atoms with Crippen LogP contribution in [0.4, 0.5) is 0 Å². The molecule has 3 heterocycles. The monoisotopic (exact) mass is 467 g/mol. The number of aromatic nitrogens is 1. The second-order valence-electron chi connectivity index (χ2n) is 10.8. The van der Waals surface area contributed by atoms with Gasteiger partial charge in [0.05, 0.1) is 34.4 Å². The van der Waals surface area contributed by atoms with Gasteiger partial charge in [0.15, 0.2) is 0 Å². The molecule has 4 aromatic rings. The molecule has 0 spiro atoms. The van der Waals surface area contributed by atoms with Crippen molar-refractivity contribution in [3.8, 4) is 5.69 Å². The van der Waals surface area contributed by atoms with Crippen LogP contribution in [-0.2, 0) is 18.6 Å². The Labute approximate surface area is 207 Å². The van der Waals surface area contributed by atoms with Gasteiger partial charge in [0, 0.05) is 16.5 Å². The van der Waals surface area contributed by atoms with Gasteiger partial charge in [-0.05, 0) is 76.7 Å². The van der Waals surface area contributed by atoms with E-state index >= 15 is 0 Å². The molecule has 2 aliphatic heterocycles. The van der Waals surface area contributed by atoms with Crippen LogP contribution in [0.3, 0.4) is 0 Å². The molecule has 2 saturated heterocycles. The maximum atomic E-state index is 6.36. The minimum Gasteiger partial charge on any atom is -0.402 e. The average Bonchev–Trinajstić information content (AvgIpc) is 3.41. The Morgan fingerprint density at radius 3 is 1.66 bits per heavy atom. The zero-order valence-corrected chi connectivity index (χ0v) is 21.2. The van der Waals surface area contributed by atoms with Crippen molar-refractivity contribution in [2.24, 2.45) is 0 Å². The average molecular weight is 467 g/mol. The first kappa shape index (κ1) is 22.9. The summed E-state index contributed by atoms with van der Waals surface area (Å²) in [7, 11) is -0.767. The number of rotatable bonds is 3. The van der Waals surface area contributed by atoms with E-state index in [1.807, 2.05) is 6.07 Å². The van der Waals surface area contributed by atoms with Crippen LogP contribution in [0.25, 0.3) is 27.5 Å². The Kier molecular flexibility index (Phi) is 5.21. The van der Waals surface area contributed by atoms with Crippen molar-refractivity contribution in [1.82, 2.24) is 4.57 Å². The lowest BCUT2D eigenvalue weighted by molar-refractivity contribution is 0.00578. The van der Waals surface area contributed by atoms with E-state index < -0.39 is 7.12 Å². The fourth-order valence-electron chi connectivity index (χ4n) is 4.99. The largest absolute Gasteiger partial charge is 0.494 e. The molecule has 0 bridgehead atoms. The fourth-order valence-corrected chi connectivity index (χ4v) is 4.99. The zero-order valence-electron chi connectivity index (χ0n) is 21.2. The summed E-state index contributed by atoms with van der Waals surface area (Å²) in [6.45, 7) is 12.5.